The summed E-state index contributed by atoms with van der Waals surface area (Å²) in [5.41, 5.74) is 0.489. The summed E-state index contributed by atoms with van der Waals surface area (Å²) in [7, 11) is 0. The highest BCUT2D eigenvalue weighted by Gasteiger charge is 2.10. The Balaban J connectivity index is 1.98. The Morgan fingerprint density at radius 3 is 2.75 bits per heavy atom. The predicted molar refractivity (Wildman–Crippen MR) is 70.7 cm³/mol. The molecule has 2 aromatic rings. The van der Waals surface area contributed by atoms with Gasteiger partial charge >= 0.3 is 0 Å². The minimum absolute atomic E-state index is 0.348. The van der Waals surface area contributed by atoms with E-state index in [2.05, 4.69) is 5.32 Å². The highest BCUT2D eigenvalue weighted by molar-refractivity contribution is 5.91. The van der Waals surface area contributed by atoms with Gasteiger partial charge in [-0.15, -0.1) is 0 Å². The van der Waals surface area contributed by atoms with Crippen LogP contribution >= 0.6 is 0 Å². The number of furan rings is 1. The molecule has 5 heteroatoms. The normalized spacial score (nSPS) is 12.6. The molecule has 1 aromatic carbocycles. The van der Waals surface area contributed by atoms with Crippen LogP contribution in [0.15, 0.2) is 47.1 Å². The first-order valence-corrected chi connectivity index (χ1v) is 6.03. The van der Waals surface area contributed by atoms with Crippen molar-refractivity contribution in [2.45, 2.75) is 13.0 Å². The molecule has 0 spiro atoms. The number of benzene rings is 1. The van der Waals surface area contributed by atoms with Gasteiger partial charge in [0.05, 0.1) is 12.3 Å². The van der Waals surface area contributed by atoms with Crippen molar-refractivity contribution in [3.8, 4) is 0 Å². The van der Waals surface area contributed by atoms with E-state index in [9.17, 15) is 13.6 Å². The number of hydrogen-bond acceptors (Lipinski definition) is 2. The van der Waals surface area contributed by atoms with Gasteiger partial charge in [0.25, 0.3) is 0 Å². The lowest BCUT2D eigenvalue weighted by atomic mass is 10.1. The predicted octanol–water partition coefficient (Wildman–Crippen LogP) is 3.45. The van der Waals surface area contributed by atoms with Gasteiger partial charge in [0.1, 0.15) is 5.76 Å². The number of nitrogens with one attached hydrogen (secondary N) is 1. The molecule has 1 aromatic heterocycles. The zero-order valence-electron chi connectivity index (χ0n) is 10.8. The monoisotopic (exact) mass is 277 g/mol. The maximum atomic E-state index is 13.1. The SMILES string of the molecule is CC(NC(=O)/C=C/c1ccco1)c1ccc(F)c(F)c1. The van der Waals surface area contributed by atoms with Gasteiger partial charge in [0, 0.05) is 6.08 Å². The highest BCUT2D eigenvalue weighted by Crippen LogP contribution is 2.15. The first-order chi connectivity index (χ1) is 9.56. The quantitative estimate of drug-likeness (QED) is 0.870. The van der Waals surface area contributed by atoms with E-state index in [1.165, 1.54) is 24.5 Å². The number of hydrogen-bond donors (Lipinski definition) is 1. The number of halogens is 2. The van der Waals surface area contributed by atoms with Crippen LogP contribution in [0.3, 0.4) is 0 Å². The highest BCUT2D eigenvalue weighted by atomic mass is 19.2. The fourth-order valence-corrected chi connectivity index (χ4v) is 1.67. The van der Waals surface area contributed by atoms with Crippen molar-refractivity contribution < 1.29 is 18.0 Å². The molecule has 0 bridgehead atoms. The first kappa shape index (κ1) is 14.0. The summed E-state index contributed by atoms with van der Waals surface area (Å²) in [5, 5.41) is 2.65. The molecule has 1 heterocycles. The lowest BCUT2D eigenvalue weighted by Crippen LogP contribution is -2.24. The van der Waals surface area contributed by atoms with Crippen LogP contribution in [0.4, 0.5) is 8.78 Å². The molecule has 1 atom stereocenters. The summed E-state index contributed by atoms with van der Waals surface area (Å²) in [5.74, 6) is -1.64. The standard InChI is InChI=1S/C15H13F2NO2/c1-10(11-4-6-13(16)14(17)9-11)18-15(19)7-5-12-3-2-8-20-12/h2-10H,1H3,(H,18,19)/b7-5+. The fourth-order valence-electron chi connectivity index (χ4n) is 1.67. The topological polar surface area (TPSA) is 42.2 Å². The van der Waals surface area contributed by atoms with Crippen molar-refractivity contribution in [3.05, 3.63) is 65.6 Å². The second kappa shape index (κ2) is 6.14. The smallest absolute Gasteiger partial charge is 0.244 e. The molecule has 0 saturated carbocycles. The van der Waals surface area contributed by atoms with E-state index in [4.69, 9.17) is 4.42 Å². The molecule has 104 valence electrons. The van der Waals surface area contributed by atoms with E-state index >= 15 is 0 Å². The van der Waals surface area contributed by atoms with E-state index in [0.29, 0.717) is 11.3 Å². The summed E-state index contributed by atoms with van der Waals surface area (Å²) < 4.78 is 31.0. The summed E-state index contributed by atoms with van der Waals surface area (Å²) >= 11 is 0. The van der Waals surface area contributed by atoms with Gasteiger partial charge in [-0.05, 0) is 42.8 Å². The van der Waals surface area contributed by atoms with Crippen LogP contribution in [0.2, 0.25) is 0 Å². The maximum Gasteiger partial charge on any atom is 0.244 e. The molecule has 0 fully saturated rings. The van der Waals surface area contributed by atoms with E-state index in [-0.39, 0.29) is 5.91 Å². The van der Waals surface area contributed by atoms with E-state index in [0.717, 1.165) is 12.1 Å². The molecule has 2 rings (SSSR count). The van der Waals surface area contributed by atoms with E-state index in [1.54, 1.807) is 19.1 Å². The molecule has 0 radical (unpaired) electrons. The molecule has 1 amide bonds. The molecular formula is C15H13F2NO2. The van der Waals surface area contributed by atoms with Crippen LogP contribution in [0.1, 0.15) is 24.3 Å². The fraction of sp³-hybridized carbons (Fsp3) is 0.133. The summed E-state index contributed by atoms with van der Waals surface area (Å²) in [6.07, 6.45) is 4.34. The summed E-state index contributed by atoms with van der Waals surface area (Å²) in [6.45, 7) is 1.69. The number of carbonyl (C=O) groups is 1. The Morgan fingerprint density at radius 1 is 1.30 bits per heavy atom. The van der Waals surface area contributed by atoms with Gasteiger partial charge in [-0.2, -0.15) is 0 Å². The van der Waals surface area contributed by atoms with Crippen molar-refractivity contribution >= 4 is 12.0 Å². The lowest BCUT2D eigenvalue weighted by Gasteiger charge is -2.13. The van der Waals surface area contributed by atoms with Gasteiger partial charge in [-0.1, -0.05) is 6.07 Å². The number of rotatable bonds is 4. The van der Waals surface area contributed by atoms with Crippen LogP contribution in [-0.2, 0) is 4.79 Å². The Hall–Kier alpha value is -2.43. The van der Waals surface area contributed by atoms with Gasteiger partial charge in [-0.3, -0.25) is 4.79 Å². The Labute approximate surface area is 114 Å². The molecule has 0 aliphatic heterocycles. The van der Waals surface area contributed by atoms with E-state index < -0.39 is 17.7 Å². The van der Waals surface area contributed by atoms with Crippen molar-refractivity contribution in [3.63, 3.8) is 0 Å². The maximum absolute atomic E-state index is 13.1. The third kappa shape index (κ3) is 3.54. The second-order valence-electron chi connectivity index (χ2n) is 4.25. The zero-order chi connectivity index (χ0) is 14.5. The van der Waals surface area contributed by atoms with Crippen molar-refractivity contribution in [1.82, 2.24) is 5.32 Å². The lowest BCUT2D eigenvalue weighted by molar-refractivity contribution is -0.117. The third-order valence-electron chi connectivity index (χ3n) is 2.74. The third-order valence-corrected chi connectivity index (χ3v) is 2.74. The van der Waals surface area contributed by atoms with Gasteiger partial charge in [0.15, 0.2) is 11.6 Å². The van der Waals surface area contributed by atoms with Crippen molar-refractivity contribution in [2.75, 3.05) is 0 Å². The first-order valence-electron chi connectivity index (χ1n) is 6.03. The minimum Gasteiger partial charge on any atom is -0.465 e. The van der Waals surface area contributed by atoms with Crippen LogP contribution in [-0.4, -0.2) is 5.91 Å². The van der Waals surface area contributed by atoms with Gasteiger partial charge in [-0.25, -0.2) is 8.78 Å². The largest absolute Gasteiger partial charge is 0.465 e. The molecule has 0 aliphatic rings. The second-order valence-corrected chi connectivity index (χ2v) is 4.25. The molecular weight excluding hydrogens is 264 g/mol. The Morgan fingerprint density at radius 2 is 2.10 bits per heavy atom. The Bertz CT molecular complexity index is 621. The van der Waals surface area contributed by atoms with Gasteiger partial charge < -0.3 is 9.73 Å². The van der Waals surface area contributed by atoms with Gasteiger partial charge in [0.2, 0.25) is 5.91 Å². The zero-order valence-corrected chi connectivity index (χ0v) is 10.8. The van der Waals surface area contributed by atoms with Crippen LogP contribution in [0.25, 0.3) is 6.08 Å². The van der Waals surface area contributed by atoms with Crippen molar-refractivity contribution in [1.29, 1.82) is 0 Å². The summed E-state index contributed by atoms with van der Waals surface area (Å²) in [6, 6.07) is 6.52. The molecule has 0 aliphatic carbocycles. The van der Waals surface area contributed by atoms with Crippen LogP contribution in [0, 0.1) is 11.6 Å². The molecule has 20 heavy (non-hydrogen) atoms. The average Bonchev–Trinajstić information content (AvgIpc) is 2.92. The molecule has 1 unspecified atom stereocenters. The van der Waals surface area contributed by atoms with E-state index in [1.807, 2.05) is 0 Å². The number of carbonyl (C=O) groups excluding carboxylic acids is 1. The number of amides is 1. The summed E-state index contributed by atoms with van der Waals surface area (Å²) in [4.78, 5) is 11.7. The van der Waals surface area contributed by atoms with Crippen molar-refractivity contribution in [2.24, 2.45) is 0 Å². The van der Waals surface area contributed by atoms with Crippen LogP contribution < -0.4 is 5.32 Å². The molecule has 0 saturated heterocycles. The molecule has 1 N–H and O–H groups in total. The minimum atomic E-state index is -0.935. The average molecular weight is 277 g/mol. The van der Waals surface area contributed by atoms with Crippen LogP contribution in [0.5, 0.6) is 0 Å². The Kier molecular flexibility index (Phi) is 4.30. The molecule has 3 nitrogen and oxygen atoms in total.